The molecular formula is C20H19ClN2OS. The van der Waals surface area contributed by atoms with Gasteiger partial charge in [-0.05, 0) is 79.9 Å². The van der Waals surface area contributed by atoms with E-state index in [1.165, 1.54) is 17.3 Å². The van der Waals surface area contributed by atoms with Crippen LogP contribution >= 0.6 is 23.4 Å². The molecule has 2 aromatic carbocycles. The maximum absolute atomic E-state index is 12.3. The number of carbonyl (C=O) groups is 1. The van der Waals surface area contributed by atoms with E-state index in [9.17, 15) is 4.79 Å². The molecule has 5 heteroatoms. The molecule has 0 saturated carbocycles. The lowest BCUT2D eigenvalue weighted by atomic mass is 9.99. The topological polar surface area (TPSA) is 41.5 Å². The number of aliphatic imine (C=N–C) groups is 1. The fourth-order valence-corrected chi connectivity index (χ4v) is 3.84. The van der Waals surface area contributed by atoms with Crippen LogP contribution in [0, 0.1) is 27.7 Å². The third-order valence-corrected chi connectivity index (χ3v) is 5.44. The molecule has 2 aromatic rings. The first kappa shape index (κ1) is 17.8. The number of benzene rings is 2. The van der Waals surface area contributed by atoms with E-state index in [2.05, 4.69) is 43.2 Å². The lowest BCUT2D eigenvalue weighted by Gasteiger charge is -2.07. The highest BCUT2D eigenvalue weighted by atomic mass is 35.5. The van der Waals surface area contributed by atoms with Crippen LogP contribution in [0.25, 0.3) is 6.08 Å². The van der Waals surface area contributed by atoms with Gasteiger partial charge in [-0.25, -0.2) is 4.99 Å². The summed E-state index contributed by atoms with van der Waals surface area (Å²) in [7, 11) is 0. The lowest BCUT2D eigenvalue weighted by Crippen LogP contribution is -2.19. The van der Waals surface area contributed by atoms with Crippen LogP contribution in [0.2, 0.25) is 5.02 Å². The lowest BCUT2D eigenvalue weighted by molar-refractivity contribution is -0.115. The molecule has 0 unspecified atom stereocenters. The minimum atomic E-state index is -0.122. The molecule has 1 saturated heterocycles. The number of rotatable bonds is 2. The number of amides is 1. The van der Waals surface area contributed by atoms with E-state index in [1.54, 1.807) is 0 Å². The maximum atomic E-state index is 12.3. The Balaban J connectivity index is 1.93. The highest BCUT2D eigenvalue weighted by molar-refractivity contribution is 8.18. The van der Waals surface area contributed by atoms with E-state index in [4.69, 9.17) is 11.6 Å². The van der Waals surface area contributed by atoms with Gasteiger partial charge in [-0.15, -0.1) is 0 Å². The quantitative estimate of drug-likeness (QED) is 0.712. The fourth-order valence-electron chi connectivity index (χ4n) is 2.86. The highest BCUT2D eigenvalue weighted by Crippen LogP contribution is 2.32. The number of aryl methyl sites for hydroxylation is 3. The van der Waals surface area contributed by atoms with Crippen molar-refractivity contribution in [3.63, 3.8) is 0 Å². The van der Waals surface area contributed by atoms with E-state index in [-0.39, 0.29) is 5.91 Å². The van der Waals surface area contributed by atoms with Crippen LogP contribution in [0.1, 0.15) is 27.8 Å². The summed E-state index contributed by atoms with van der Waals surface area (Å²) in [5, 5.41) is 4.07. The van der Waals surface area contributed by atoms with Crippen molar-refractivity contribution < 1.29 is 4.79 Å². The Labute approximate surface area is 157 Å². The second-order valence-electron chi connectivity index (χ2n) is 6.18. The van der Waals surface area contributed by atoms with Crippen molar-refractivity contribution in [2.75, 3.05) is 0 Å². The van der Waals surface area contributed by atoms with Crippen molar-refractivity contribution in [3.05, 3.63) is 68.1 Å². The molecule has 128 valence electrons. The van der Waals surface area contributed by atoms with Gasteiger partial charge in [0.15, 0.2) is 5.17 Å². The van der Waals surface area contributed by atoms with Crippen molar-refractivity contribution >= 4 is 46.2 Å². The molecule has 1 amide bonds. The minimum absolute atomic E-state index is 0.122. The molecule has 25 heavy (non-hydrogen) atoms. The average Bonchev–Trinajstić information content (AvgIpc) is 2.87. The minimum Gasteiger partial charge on any atom is -0.300 e. The summed E-state index contributed by atoms with van der Waals surface area (Å²) < 4.78 is 0. The molecule has 0 atom stereocenters. The molecule has 0 aliphatic carbocycles. The Morgan fingerprint density at radius 3 is 2.48 bits per heavy atom. The number of thioether (sulfide) groups is 1. The Morgan fingerprint density at radius 1 is 1.12 bits per heavy atom. The first-order valence-electron chi connectivity index (χ1n) is 7.97. The molecule has 1 N–H and O–H groups in total. The van der Waals surface area contributed by atoms with Crippen LogP contribution in [-0.4, -0.2) is 11.1 Å². The zero-order valence-electron chi connectivity index (χ0n) is 14.6. The maximum Gasteiger partial charge on any atom is 0.264 e. The molecule has 0 bridgehead atoms. The summed E-state index contributed by atoms with van der Waals surface area (Å²) in [5.74, 6) is -0.122. The zero-order chi connectivity index (χ0) is 18.1. The summed E-state index contributed by atoms with van der Waals surface area (Å²) in [6.07, 6.45) is 1.94. The average molecular weight is 371 g/mol. The first-order valence-corrected chi connectivity index (χ1v) is 9.17. The van der Waals surface area contributed by atoms with E-state index >= 15 is 0 Å². The second kappa shape index (κ2) is 7.06. The summed E-state index contributed by atoms with van der Waals surface area (Å²) in [6.45, 7) is 8.12. The third-order valence-electron chi connectivity index (χ3n) is 4.13. The van der Waals surface area contributed by atoms with Gasteiger partial charge in [0, 0.05) is 5.02 Å². The normalized spacial score (nSPS) is 17.4. The monoisotopic (exact) mass is 370 g/mol. The van der Waals surface area contributed by atoms with Gasteiger partial charge in [0.1, 0.15) is 0 Å². The van der Waals surface area contributed by atoms with Gasteiger partial charge in [-0.3, -0.25) is 4.79 Å². The van der Waals surface area contributed by atoms with Gasteiger partial charge in [0.2, 0.25) is 0 Å². The van der Waals surface area contributed by atoms with E-state index in [0.717, 1.165) is 27.9 Å². The van der Waals surface area contributed by atoms with Crippen LogP contribution < -0.4 is 5.32 Å². The van der Waals surface area contributed by atoms with E-state index in [1.807, 2.05) is 31.2 Å². The van der Waals surface area contributed by atoms with Crippen LogP contribution in [0.3, 0.4) is 0 Å². The van der Waals surface area contributed by atoms with Crippen molar-refractivity contribution in [3.8, 4) is 0 Å². The number of nitrogens with one attached hydrogen (secondary N) is 1. The van der Waals surface area contributed by atoms with Crippen LogP contribution in [-0.2, 0) is 4.79 Å². The van der Waals surface area contributed by atoms with Crippen molar-refractivity contribution in [1.29, 1.82) is 0 Å². The summed E-state index contributed by atoms with van der Waals surface area (Å²) in [5.41, 5.74) is 6.29. The summed E-state index contributed by atoms with van der Waals surface area (Å²) >= 11 is 7.49. The van der Waals surface area contributed by atoms with Crippen LogP contribution in [0.4, 0.5) is 5.69 Å². The summed E-state index contributed by atoms with van der Waals surface area (Å²) in [4.78, 5) is 17.5. The highest BCUT2D eigenvalue weighted by Gasteiger charge is 2.24. The molecule has 0 aromatic heterocycles. The molecule has 1 aliphatic rings. The largest absolute Gasteiger partial charge is 0.300 e. The number of hydrogen-bond acceptors (Lipinski definition) is 3. The Bertz CT molecular complexity index is 908. The van der Waals surface area contributed by atoms with Crippen LogP contribution in [0.5, 0.6) is 0 Å². The predicted molar refractivity (Wildman–Crippen MR) is 108 cm³/mol. The number of carbonyl (C=O) groups excluding carboxylic acids is 1. The second-order valence-corrected chi connectivity index (χ2v) is 7.62. The Morgan fingerprint density at radius 2 is 1.80 bits per heavy atom. The molecule has 1 fully saturated rings. The van der Waals surface area contributed by atoms with Gasteiger partial charge in [0.05, 0.1) is 10.6 Å². The van der Waals surface area contributed by atoms with Gasteiger partial charge in [0.25, 0.3) is 5.91 Å². The smallest absolute Gasteiger partial charge is 0.264 e. The van der Waals surface area contributed by atoms with E-state index in [0.29, 0.717) is 15.1 Å². The molecule has 3 rings (SSSR count). The number of nitrogens with zero attached hydrogens (tertiary/aromatic N) is 1. The molecule has 1 heterocycles. The number of halogens is 1. The van der Waals surface area contributed by atoms with Crippen molar-refractivity contribution in [2.24, 2.45) is 4.99 Å². The van der Waals surface area contributed by atoms with Crippen LogP contribution in [0.15, 0.2) is 40.2 Å². The third kappa shape index (κ3) is 3.80. The summed E-state index contributed by atoms with van der Waals surface area (Å²) in [6, 6.07) is 9.82. The molecular weight excluding hydrogens is 352 g/mol. The standard InChI is InChI=1S/C20H19ClN2OS/c1-11-8-12(2)15(13(3)9-11)10-18-19(24)23-20(25-18)22-17-7-5-6-16(21)14(17)4/h5-10H,1-4H3,(H,22,23,24)/b18-10+. The Hall–Kier alpha value is -2.04. The predicted octanol–water partition coefficient (Wildman–Crippen LogP) is 5.47. The van der Waals surface area contributed by atoms with Gasteiger partial charge in [-0.2, -0.15) is 0 Å². The van der Waals surface area contributed by atoms with Crippen molar-refractivity contribution in [2.45, 2.75) is 27.7 Å². The van der Waals surface area contributed by atoms with E-state index < -0.39 is 0 Å². The SMILES string of the molecule is Cc1cc(C)c(/C=C2/SC(=Nc3cccc(Cl)c3C)NC2=O)c(C)c1. The number of amidine groups is 1. The molecule has 0 spiro atoms. The Kier molecular flexibility index (Phi) is 5.02. The first-order chi connectivity index (χ1) is 11.8. The zero-order valence-corrected chi connectivity index (χ0v) is 16.2. The van der Waals surface area contributed by atoms with Crippen molar-refractivity contribution in [1.82, 2.24) is 5.32 Å². The van der Waals surface area contributed by atoms with Gasteiger partial charge in [-0.1, -0.05) is 35.4 Å². The molecule has 3 nitrogen and oxygen atoms in total. The van der Waals surface area contributed by atoms with Gasteiger partial charge < -0.3 is 5.32 Å². The number of hydrogen-bond donors (Lipinski definition) is 1. The molecule has 0 radical (unpaired) electrons. The van der Waals surface area contributed by atoms with Gasteiger partial charge >= 0.3 is 0 Å². The molecule has 1 aliphatic heterocycles. The fraction of sp³-hybridized carbons (Fsp3) is 0.200.